The van der Waals surface area contributed by atoms with Crippen molar-refractivity contribution in [3.63, 3.8) is 0 Å². The van der Waals surface area contributed by atoms with Gasteiger partial charge in [-0.15, -0.1) is 0 Å². The number of benzene rings is 2. The number of halogens is 3. The van der Waals surface area contributed by atoms with Gasteiger partial charge in [0.1, 0.15) is 23.9 Å². The van der Waals surface area contributed by atoms with Crippen molar-refractivity contribution in [3.8, 4) is 11.5 Å². The van der Waals surface area contributed by atoms with Crippen molar-refractivity contribution in [1.82, 2.24) is 5.32 Å². The molecule has 2 rings (SSSR count). The summed E-state index contributed by atoms with van der Waals surface area (Å²) < 4.78 is 23.5. The highest BCUT2D eigenvalue weighted by molar-refractivity contribution is 6.32. The maximum Gasteiger partial charge on any atom is 0.319 e. The monoisotopic (exact) mass is 386 g/mol. The van der Waals surface area contributed by atoms with Crippen molar-refractivity contribution in [2.24, 2.45) is 0 Å². The lowest BCUT2D eigenvalue weighted by atomic mass is 10.2. The summed E-state index contributed by atoms with van der Waals surface area (Å²) in [5.41, 5.74) is 1.32. The van der Waals surface area contributed by atoms with Gasteiger partial charge in [0.05, 0.1) is 24.4 Å². The molecule has 2 amide bonds. The molecule has 134 valence electrons. The largest absolute Gasteiger partial charge is 0.495 e. The van der Waals surface area contributed by atoms with E-state index in [0.29, 0.717) is 22.2 Å². The van der Waals surface area contributed by atoms with Crippen LogP contribution in [0.25, 0.3) is 0 Å². The maximum atomic E-state index is 12.9. The summed E-state index contributed by atoms with van der Waals surface area (Å²) in [6.45, 7) is 2.23. The van der Waals surface area contributed by atoms with E-state index in [2.05, 4.69) is 10.6 Å². The molecule has 0 aliphatic heterocycles. The van der Waals surface area contributed by atoms with Gasteiger partial charge in [-0.1, -0.05) is 23.2 Å². The molecule has 0 bridgehead atoms. The zero-order chi connectivity index (χ0) is 18.4. The Morgan fingerprint density at radius 1 is 1.16 bits per heavy atom. The number of hydrogen-bond acceptors (Lipinski definition) is 3. The Morgan fingerprint density at radius 3 is 2.60 bits per heavy atom. The normalized spacial score (nSPS) is 10.3. The minimum absolute atomic E-state index is 0.172. The zero-order valence-electron chi connectivity index (χ0n) is 13.7. The van der Waals surface area contributed by atoms with Crippen LogP contribution in [0.4, 0.5) is 14.9 Å². The molecule has 0 heterocycles. The standard InChI is InChI=1S/C17H17Cl2FN2O3/c1-10-7-14(16(24-2)9-12(10)18)22-17(23)21-5-6-25-15-4-3-11(20)8-13(15)19/h3-4,7-9H,5-6H2,1-2H3,(H2,21,22,23). The minimum Gasteiger partial charge on any atom is -0.495 e. The molecule has 0 atom stereocenters. The van der Waals surface area contributed by atoms with Crippen molar-refractivity contribution in [3.05, 3.63) is 51.8 Å². The van der Waals surface area contributed by atoms with Crippen LogP contribution in [-0.2, 0) is 0 Å². The van der Waals surface area contributed by atoms with E-state index in [1.807, 2.05) is 6.92 Å². The number of rotatable bonds is 6. The van der Waals surface area contributed by atoms with E-state index in [-0.39, 0.29) is 18.2 Å². The van der Waals surface area contributed by atoms with Gasteiger partial charge < -0.3 is 20.1 Å². The Morgan fingerprint density at radius 2 is 1.92 bits per heavy atom. The van der Waals surface area contributed by atoms with Gasteiger partial charge in [-0.2, -0.15) is 0 Å². The van der Waals surface area contributed by atoms with Gasteiger partial charge in [0, 0.05) is 11.1 Å². The number of carbonyl (C=O) groups excluding carboxylic acids is 1. The second-order valence-corrected chi connectivity index (χ2v) is 5.92. The number of hydrogen-bond donors (Lipinski definition) is 2. The topological polar surface area (TPSA) is 59.6 Å². The van der Waals surface area contributed by atoms with Crippen LogP contribution in [0.2, 0.25) is 10.0 Å². The molecule has 2 aromatic rings. The van der Waals surface area contributed by atoms with Crippen LogP contribution < -0.4 is 20.1 Å². The second kappa shape index (κ2) is 8.78. The Bertz CT molecular complexity index is 772. The lowest BCUT2D eigenvalue weighted by Gasteiger charge is -2.13. The maximum absolute atomic E-state index is 12.9. The minimum atomic E-state index is -0.443. The first kappa shape index (κ1) is 19.1. The van der Waals surface area contributed by atoms with Crippen molar-refractivity contribution in [2.45, 2.75) is 6.92 Å². The average Bonchev–Trinajstić information content (AvgIpc) is 2.56. The molecule has 0 aliphatic carbocycles. The fourth-order valence-corrected chi connectivity index (χ4v) is 2.39. The van der Waals surface area contributed by atoms with Crippen molar-refractivity contribution in [1.29, 1.82) is 0 Å². The molecule has 0 fully saturated rings. The number of nitrogens with one attached hydrogen (secondary N) is 2. The average molecular weight is 387 g/mol. The molecule has 0 aromatic heterocycles. The lowest BCUT2D eigenvalue weighted by molar-refractivity contribution is 0.247. The van der Waals surface area contributed by atoms with E-state index in [1.54, 1.807) is 12.1 Å². The van der Waals surface area contributed by atoms with E-state index in [1.165, 1.54) is 19.2 Å². The lowest BCUT2D eigenvalue weighted by Crippen LogP contribution is -2.32. The molecule has 0 saturated carbocycles. The highest BCUT2D eigenvalue weighted by Crippen LogP contribution is 2.30. The first-order valence-electron chi connectivity index (χ1n) is 7.37. The molecule has 0 spiro atoms. The van der Waals surface area contributed by atoms with E-state index in [9.17, 15) is 9.18 Å². The predicted molar refractivity (Wildman–Crippen MR) is 96.7 cm³/mol. The molecule has 0 saturated heterocycles. The number of urea groups is 1. The number of ether oxygens (including phenoxy) is 2. The van der Waals surface area contributed by atoms with Crippen molar-refractivity contribution >= 4 is 34.9 Å². The van der Waals surface area contributed by atoms with Crippen LogP contribution in [0.1, 0.15) is 5.56 Å². The molecule has 2 N–H and O–H groups in total. The highest BCUT2D eigenvalue weighted by atomic mass is 35.5. The third kappa shape index (κ3) is 5.41. The Labute approximate surface area is 155 Å². The van der Waals surface area contributed by atoms with Crippen molar-refractivity contribution < 1.29 is 18.7 Å². The summed E-state index contributed by atoms with van der Waals surface area (Å²) >= 11 is 11.9. The molecule has 2 aromatic carbocycles. The van der Waals surface area contributed by atoms with Crippen LogP contribution in [0, 0.1) is 12.7 Å². The SMILES string of the molecule is COc1cc(Cl)c(C)cc1NC(=O)NCCOc1ccc(F)cc1Cl. The molecular weight excluding hydrogens is 370 g/mol. The van der Waals surface area contributed by atoms with Crippen LogP contribution in [0.15, 0.2) is 30.3 Å². The predicted octanol–water partition coefficient (Wildman–Crippen LogP) is 4.65. The van der Waals surface area contributed by atoms with Gasteiger partial charge in [-0.25, -0.2) is 9.18 Å². The Hall–Kier alpha value is -2.18. The molecule has 8 heteroatoms. The summed E-state index contributed by atoms with van der Waals surface area (Å²) in [6, 6.07) is 6.76. The van der Waals surface area contributed by atoms with Crippen LogP contribution >= 0.6 is 23.2 Å². The third-order valence-electron chi connectivity index (χ3n) is 3.27. The fourth-order valence-electron chi connectivity index (χ4n) is 2.01. The van der Waals surface area contributed by atoms with E-state index >= 15 is 0 Å². The van der Waals surface area contributed by atoms with Crippen molar-refractivity contribution in [2.75, 3.05) is 25.6 Å². The summed E-state index contributed by atoms with van der Waals surface area (Å²) in [5, 5.41) is 6.04. The quantitative estimate of drug-likeness (QED) is 0.710. The van der Waals surface area contributed by atoms with Gasteiger partial charge in [0.25, 0.3) is 0 Å². The number of amides is 2. The van der Waals surface area contributed by atoms with Gasteiger partial charge in [0.2, 0.25) is 0 Å². The molecule has 5 nitrogen and oxygen atoms in total. The molecule has 0 unspecified atom stereocenters. The number of methoxy groups -OCH3 is 1. The van der Waals surface area contributed by atoms with Gasteiger partial charge in [-0.05, 0) is 36.8 Å². The van der Waals surface area contributed by atoms with E-state index < -0.39 is 11.8 Å². The van der Waals surface area contributed by atoms with E-state index in [4.69, 9.17) is 32.7 Å². The summed E-state index contributed by atoms with van der Waals surface area (Å²) in [7, 11) is 1.49. The molecule has 0 radical (unpaired) electrons. The van der Waals surface area contributed by atoms with Gasteiger partial charge >= 0.3 is 6.03 Å². The summed E-state index contributed by atoms with van der Waals surface area (Å²) in [4.78, 5) is 12.0. The second-order valence-electron chi connectivity index (χ2n) is 5.11. The fraction of sp³-hybridized carbons (Fsp3) is 0.235. The first-order chi connectivity index (χ1) is 11.9. The Kier molecular flexibility index (Phi) is 6.73. The number of carbonyl (C=O) groups is 1. The summed E-state index contributed by atoms with van der Waals surface area (Å²) in [5.74, 6) is 0.363. The van der Waals surface area contributed by atoms with Crippen LogP contribution in [0.5, 0.6) is 11.5 Å². The van der Waals surface area contributed by atoms with E-state index in [0.717, 1.165) is 11.6 Å². The first-order valence-corrected chi connectivity index (χ1v) is 8.13. The molecule has 25 heavy (non-hydrogen) atoms. The van der Waals surface area contributed by atoms with Crippen LogP contribution in [-0.4, -0.2) is 26.3 Å². The van der Waals surface area contributed by atoms with Crippen LogP contribution in [0.3, 0.4) is 0 Å². The smallest absolute Gasteiger partial charge is 0.319 e. The van der Waals surface area contributed by atoms with Gasteiger partial charge in [0.15, 0.2) is 0 Å². The number of anilines is 1. The highest BCUT2D eigenvalue weighted by Gasteiger charge is 2.10. The number of aryl methyl sites for hydroxylation is 1. The molecule has 0 aliphatic rings. The van der Waals surface area contributed by atoms with Gasteiger partial charge in [-0.3, -0.25) is 0 Å². The third-order valence-corrected chi connectivity index (χ3v) is 3.97. The summed E-state index contributed by atoms with van der Waals surface area (Å²) in [6.07, 6.45) is 0. The molecular formula is C17H17Cl2FN2O3. The Balaban J connectivity index is 1.84. The zero-order valence-corrected chi connectivity index (χ0v) is 15.2.